The van der Waals surface area contributed by atoms with Crippen molar-refractivity contribution in [2.45, 2.75) is 65.1 Å². The van der Waals surface area contributed by atoms with Crippen molar-refractivity contribution < 1.29 is 18.0 Å². The minimum atomic E-state index is -4.08. The first-order chi connectivity index (χ1) is 17.9. The predicted octanol–water partition coefficient (Wildman–Crippen LogP) is 4.75. The van der Waals surface area contributed by atoms with Gasteiger partial charge in [0.05, 0.1) is 10.6 Å². The molecular weight excluding hydrogens is 498 g/mol. The van der Waals surface area contributed by atoms with Gasteiger partial charge < -0.3 is 10.2 Å². The molecule has 3 aromatic rings. The van der Waals surface area contributed by atoms with Gasteiger partial charge in [-0.25, -0.2) is 8.42 Å². The number of benzene rings is 3. The van der Waals surface area contributed by atoms with Crippen LogP contribution in [0.15, 0.2) is 77.7 Å². The molecule has 0 bridgehead atoms. The maximum Gasteiger partial charge on any atom is 0.264 e. The Morgan fingerprint density at radius 2 is 1.50 bits per heavy atom. The second-order valence-corrected chi connectivity index (χ2v) is 11.8. The molecule has 0 aromatic heterocycles. The van der Waals surface area contributed by atoms with Gasteiger partial charge in [-0.2, -0.15) is 0 Å². The second kappa shape index (κ2) is 12.3. The van der Waals surface area contributed by atoms with Crippen LogP contribution in [0.25, 0.3) is 0 Å². The fourth-order valence-electron chi connectivity index (χ4n) is 4.22. The summed E-state index contributed by atoms with van der Waals surface area (Å²) in [6.07, 6.45) is 0. The molecule has 0 saturated carbocycles. The molecule has 3 rings (SSSR count). The lowest BCUT2D eigenvalue weighted by Crippen LogP contribution is -2.52. The number of carbonyl (C=O) groups is 2. The standard InChI is InChI=1S/C30H37N3O4S/c1-21(2)31-30(35)25(6)32(19-26-12-10-11-22(3)17-26)29(34)20-33(28-18-23(4)15-16-24(28)5)38(36,37)27-13-8-7-9-14-27/h7-18,21,25H,19-20H2,1-6H3,(H,31,35)/t25-/m1/s1. The molecular formula is C30H37N3O4S. The van der Waals surface area contributed by atoms with E-state index in [1.54, 1.807) is 31.2 Å². The molecule has 0 radical (unpaired) electrons. The Bertz CT molecular complexity index is 1390. The Balaban J connectivity index is 2.07. The quantitative estimate of drug-likeness (QED) is 0.406. The fraction of sp³-hybridized carbons (Fsp3) is 0.333. The number of nitrogens with zero attached hydrogens (tertiary/aromatic N) is 2. The molecule has 0 saturated heterocycles. The van der Waals surface area contributed by atoms with Crippen LogP contribution in [0.4, 0.5) is 5.69 Å². The molecule has 0 heterocycles. The monoisotopic (exact) mass is 535 g/mol. The van der Waals surface area contributed by atoms with Crippen LogP contribution in [0, 0.1) is 20.8 Å². The van der Waals surface area contributed by atoms with Gasteiger partial charge in [0, 0.05) is 12.6 Å². The molecule has 3 aromatic carbocycles. The minimum Gasteiger partial charge on any atom is -0.352 e. The average molecular weight is 536 g/mol. The lowest BCUT2D eigenvalue weighted by atomic mass is 10.1. The third-order valence-corrected chi connectivity index (χ3v) is 8.05. The van der Waals surface area contributed by atoms with Gasteiger partial charge in [0.25, 0.3) is 10.0 Å². The van der Waals surface area contributed by atoms with Gasteiger partial charge in [-0.3, -0.25) is 13.9 Å². The molecule has 1 atom stereocenters. The SMILES string of the molecule is Cc1cccc(CN(C(=O)CN(c2cc(C)ccc2C)S(=O)(=O)c2ccccc2)[C@H](C)C(=O)NC(C)C)c1. The van der Waals surface area contributed by atoms with Crippen molar-refractivity contribution in [2.24, 2.45) is 0 Å². The van der Waals surface area contributed by atoms with E-state index < -0.39 is 28.5 Å². The first-order valence-electron chi connectivity index (χ1n) is 12.7. The second-order valence-electron chi connectivity index (χ2n) is 9.96. The van der Waals surface area contributed by atoms with E-state index in [4.69, 9.17) is 0 Å². The number of rotatable bonds is 10. The normalized spacial score (nSPS) is 12.2. The van der Waals surface area contributed by atoms with Crippen LogP contribution in [0.2, 0.25) is 0 Å². The summed E-state index contributed by atoms with van der Waals surface area (Å²) in [5.41, 5.74) is 3.90. The third-order valence-electron chi connectivity index (χ3n) is 6.28. The molecule has 8 heteroatoms. The van der Waals surface area contributed by atoms with E-state index in [2.05, 4.69) is 5.32 Å². The van der Waals surface area contributed by atoms with E-state index in [0.717, 1.165) is 26.6 Å². The number of anilines is 1. The number of nitrogens with one attached hydrogen (secondary N) is 1. The molecule has 0 aliphatic heterocycles. The Labute approximate surface area is 226 Å². The number of hydrogen-bond donors (Lipinski definition) is 1. The smallest absolute Gasteiger partial charge is 0.264 e. The maximum absolute atomic E-state index is 14.0. The number of carbonyl (C=O) groups excluding carboxylic acids is 2. The van der Waals surface area contributed by atoms with Crippen LogP contribution in [-0.4, -0.2) is 43.8 Å². The topological polar surface area (TPSA) is 86.8 Å². The van der Waals surface area contributed by atoms with Crippen molar-refractivity contribution in [3.63, 3.8) is 0 Å². The summed E-state index contributed by atoms with van der Waals surface area (Å²) in [7, 11) is -4.08. The molecule has 2 amide bonds. The summed E-state index contributed by atoms with van der Waals surface area (Å²) < 4.78 is 28.9. The zero-order chi connectivity index (χ0) is 28.0. The minimum absolute atomic E-state index is 0.0875. The highest BCUT2D eigenvalue weighted by molar-refractivity contribution is 7.92. The highest BCUT2D eigenvalue weighted by Crippen LogP contribution is 2.28. The van der Waals surface area contributed by atoms with E-state index in [-0.39, 0.29) is 23.4 Å². The molecule has 0 unspecified atom stereocenters. The summed E-state index contributed by atoms with van der Waals surface area (Å²) in [6, 6.07) is 20.4. The molecule has 1 N–H and O–H groups in total. The Hall–Kier alpha value is -3.65. The summed E-state index contributed by atoms with van der Waals surface area (Å²) in [4.78, 5) is 28.5. The number of aryl methyl sites for hydroxylation is 3. The Morgan fingerprint density at radius 3 is 2.13 bits per heavy atom. The summed E-state index contributed by atoms with van der Waals surface area (Å²) in [5, 5.41) is 2.87. The lowest BCUT2D eigenvalue weighted by molar-refractivity contribution is -0.139. The van der Waals surface area contributed by atoms with Gasteiger partial charge in [0.2, 0.25) is 11.8 Å². The van der Waals surface area contributed by atoms with Gasteiger partial charge in [-0.1, -0.05) is 60.2 Å². The largest absolute Gasteiger partial charge is 0.352 e. The van der Waals surface area contributed by atoms with E-state index >= 15 is 0 Å². The molecule has 7 nitrogen and oxygen atoms in total. The van der Waals surface area contributed by atoms with Crippen LogP contribution < -0.4 is 9.62 Å². The molecule has 38 heavy (non-hydrogen) atoms. The fourth-order valence-corrected chi connectivity index (χ4v) is 5.71. The summed E-state index contributed by atoms with van der Waals surface area (Å²) in [6.45, 7) is 10.7. The van der Waals surface area contributed by atoms with Crippen molar-refractivity contribution in [1.29, 1.82) is 0 Å². The molecule has 0 spiro atoms. The Kier molecular flexibility index (Phi) is 9.33. The molecule has 202 valence electrons. The first kappa shape index (κ1) is 28.9. The highest BCUT2D eigenvalue weighted by atomic mass is 32.2. The van der Waals surface area contributed by atoms with Crippen molar-refractivity contribution in [3.8, 4) is 0 Å². The van der Waals surface area contributed by atoms with Gasteiger partial charge in [-0.15, -0.1) is 0 Å². The van der Waals surface area contributed by atoms with E-state index in [0.29, 0.717) is 5.69 Å². The van der Waals surface area contributed by atoms with E-state index in [9.17, 15) is 18.0 Å². The first-order valence-corrected chi connectivity index (χ1v) is 14.1. The van der Waals surface area contributed by atoms with Crippen molar-refractivity contribution >= 4 is 27.5 Å². The van der Waals surface area contributed by atoms with Crippen LogP contribution in [-0.2, 0) is 26.2 Å². The van der Waals surface area contributed by atoms with Crippen LogP contribution in [0.5, 0.6) is 0 Å². The van der Waals surface area contributed by atoms with Gasteiger partial charge in [-0.05, 0) is 76.4 Å². The van der Waals surface area contributed by atoms with Crippen LogP contribution in [0.3, 0.4) is 0 Å². The highest BCUT2D eigenvalue weighted by Gasteiger charge is 2.33. The van der Waals surface area contributed by atoms with Gasteiger partial charge >= 0.3 is 0 Å². The van der Waals surface area contributed by atoms with Crippen LogP contribution in [0.1, 0.15) is 43.0 Å². The van der Waals surface area contributed by atoms with Crippen molar-refractivity contribution in [1.82, 2.24) is 10.2 Å². The predicted molar refractivity (Wildman–Crippen MR) is 151 cm³/mol. The van der Waals surface area contributed by atoms with E-state index in [1.165, 1.54) is 17.0 Å². The third kappa shape index (κ3) is 7.01. The van der Waals surface area contributed by atoms with Crippen LogP contribution >= 0.6 is 0 Å². The van der Waals surface area contributed by atoms with Crippen molar-refractivity contribution in [3.05, 3.63) is 95.1 Å². The summed E-state index contributed by atoms with van der Waals surface area (Å²) in [5.74, 6) is -0.775. The van der Waals surface area contributed by atoms with Gasteiger partial charge in [0.1, 0.15) is 12.6 Å². The molecule has 0 aliphatic rings. The Morgan fingerprint density at radius 1 is 0.842 bits per heavy atom. The summed E-state index contributed by atoms with van der Waals surface area (Å²) >= 11 is 0. The maximum atomic E-state index is 14.0. The lowest BCUT2D eigenvalue weighted by Gasteiger charge is -2.33. The molecule has 0 fully saturated rings. The number of sulfonamides is 1. The van der Waals surface area contributed by atoms with E-state index in [1.807, 2.05) is 71.0 Å². The van der Waals surface area contributed by atoms with Gasteiger partial charge in [0.15, 0.2) is 0 Å². The molecule has 0 aliphatic carbocycles. The average Bonchev–Trinajstić information content (AvgIpc) is 2.87. The zero-order valence-electron chi connectivity index (χ0n) is 22.9. The van der Waals surface area contributed by atoms with Crippen molar-refractivity contribution in [2.75, 3.05) is 10.8 Å². The number of amides is 2. The zero-order valence-corrected chi connectivity index (χ0v) is 23.7. The number of hydrogen-bond acceptors (Lipinski definition) is 4.